The molecule has 0 amide bonds. The minimum atomic E-state index is -0.529. The standard InChI is InChI=1S/C21H24O6/c1-4-24-13-14-25-20(22)16-9-11-17(12-10-16)27-21(23)18-7-5-6-8-19(18)26-15(2)3/h5-12,15H,4,13-14H2,1-3H3. The number of hydrogen-bond donors (Lipinski definition) is 0. The SMILES string of the molecule is CCOCCOC(=O)c1ccc(OC(=O)c2ccccc2OC(C)C)cc1. The molecule has 0 N–H and O–H groups in total. The molecular weight excluding hydrogens is 348 g/mol. The van der Waals surface area contributed by atoms with E-state index in [1.165, 1.54) is 0 Å². The number of carbonyl (C=O) groups excluding carboxylic acids is 2. The molecule has 27 heavy (non-hydrogen) atoms. The van der Waals surface area contributed by atoms with Crippen molar-refractivity contribution >= 4 is 11.9 Å². The first kappa shape index (κ1) is 20.5. The lowest BCUT2D eigenvalue weighted by atomic mass is 10.2. The fraction of sp³-hybridized carbons (Fsp3) is 0.333. The van der Waals surface area contributed by atoms with Crippen LogP contribution in [-0.2, 0) is 9.47 Å². The quantitative estimate of drug-likeness (QED) is 0.378. The van der Waals surface area contributed by atoms with Crippen LogP contribution in [0.15, 0.2) is 48.5 Å². The maximum Gasteiger partial charge on any atom is 0.347 e. The summed E-state index contributed by atoms with van der Waals surface area (Å²) in [6, 6.07) is 13.1. The Kier molecular flexibility index (Phi) is 7.82. The molecule has 2 aromatic carbocycles. The lowest BCUT2D eigenvalue weighted by Crippen LogP contribution is -2.14. The van der Waals surface area contributed by atoms with E-state index in [-0.39, 0.29) is 12.7 Å². The van der Waals surface area contributed by atoms with Crippen LogP contribution in [0.2, 0.25) is 0 Å². The van der Waals surface area contributed by atoms with Crippen molar-refractivity contribution in [3.8, 4) is 11.5 Å². The van der Waals surface area contributed by atoms with Gasteiger partial charge in [-0.2, -0.15) is 0 Å². The Balaban J connectivity index is 1.98. The third kappa shape index (κ3) is 6.42. The van der Waals surface area contributed by atoms with Crippen LogP contribution in [0.1, 0.15) is 41.5 Å². The van der Waals surface area contributed by atoms with Gasteiger partial charge in [0.05, 0.1) is 18.3 Å². The highest BCUT2D eigenvalue weighted by molar-refractivity contribution is 5.94. The molecule has 144 valence electrons. The van der Waals surface area contributed by atoms with Crippen LogP contribution in [0.4, 0.5) is 0 Å². The van der Waals surface area contributed by atoms with E-state index in [1.807, 2.05) is 20.8 Å². The number of esters is 2. The van der Waals surface area contributed by atoms with Gasteiger partial charge in [0, 0.05) is 6.61 Å². The van der Waals surface area contributed by atoms with E-state index in [0.29, 0.717) is 35.8 Å². The van der Waals surface area contributed by atoms with E-state index >= 15 is 0 Å². The smallest absolute Gasteiger partial charge is 0.347 e. The highest BCUT2D eigenvalue weighted by atomic mass is 16.6. The van der Waals surface area contributed by atoms with Gasteiger partial charge in [-0.3, -0.25) is 0 Å². The third-order valence-electron chi connectivity index (χ3n) is 3.44. The summed E-state index contributed by atoms with van der Waals surface area (Å²) in [4.78, 5) is 24.3. The van der Waals surface area contributed by atoms with Gasteiger partial charge in [0.25, 0.3) is 0 Å². The van der Waals surface area contributed by atoms with Gasteiger partial charge >= 0.3 is 11.9 Å². The summed E-state index contributed by atoms with van der Waals surface area (Å²) in [6.07, 6.45) is -0.0630. The minimum absolute atomic E-state index is 0.0630. The van der Waals surface area contributed by atoms with Gasteiger partial charge in [0.15, 0.2) is 0 Å². The van der Waals surface area contributed by atoms with Crippen molar-refractivity contribution in [3.05, 3.63) is 59.7 Å². The number of benzene rings is 2. The van der Waals surface area contributed by atoms with Crippen molar-refractivity contribution in [1.29, 1.82) is 0 Å². The lowest BCUT2D eigenvalue weighted by molar-refractivity contribution is 0.0335. The van der Waals surface area contributed by atoms with Crippen molar-refractivity contribution in [3.63, 3.8) is 0 Å². The summed E-state index contributed by atoms with van der Waals surface area (Å²) in [5.74, 6) is -0.196. The molecule has 2 aromatic rings. The summed E-state index contributed by atoms with van der Waals surface area (Å²) in [5, 5.41) is 0. The number of ether oxygens (including phenoxy) is 4. The van der Waals surface area contributed by atoms with Gasteiger partial charge in [-0.1, -0.05) is 12.1 Å². The molecular formula is C21H24O6. The molecule has 2 rings (SSSR count). The second kappa shape index (κ2) is 10.3. The summed E-state index contributed by atoms with van der Waals surface area (Å²) >= 11 is 0. The fourth-order valence-electron chi connectivity index (χ4n) is 2.23. The number of hydrogen-bond acceptors (Lipinski definition) is 6. The Labute approximate surface area is 159 Å². The molecule has 0 aliphatic rings. The zero-order chi connectivity index (χ0) is 19.6. The van der Waals surface area contributed by atoms with Crippen molar-refractivity contribution in [2.45, 2.75) is 26.9 Å². The highest BCUT2D eigenvalue weighted by Crippen LogP contribution is 2.22. The van der Waals surface area contributed by atoms with Gasteiger partial charge < -0.3 is 18.9 Å². The minimum Gasteiger partial charge on any atom is -0.490 e. The predicted octanol–water partition coefficient (Wildman–Crippen LogP) is 3.89. The van der Waals surface area contributed by atoms with Gasteiger partial charge in [-0.25, -0.2) is 9.59 Å². The second-order valence-electron chi connectivity index (χ2n) is 5.91. The molecule has 0 saturated heterocycles. The predicted molar refractivity (Wildman–Crippen MR) is 100 cm³/mol. The molecule has 0 aromatic heterocycles. The first-order chi connectivity index (χ1) is 13.0. The van der Waals surface area contributed by atoms with Crippen molar-refractivity contribution < 1.29 is 28.5 Å². The lowest BCUT2D eigenvalue weighted by Gasteiger charge is -2.13. The molecule has 0 bridgehead atoms. The van der Waals surface area contributed by atoms with Gasteiger partial charge in [-0.05, 0) is 57.2 Å². The normalized spacial score (nSPS) is 10.5. The number of para-hydroxylation sites is 1. The largest absolute Gasteiger partial charge is 0.490 e. The van der Waals surface area contributed by atoms with Gasteiger partial charge in [0.2, 0.25) is 0 Å². The molecule has 0 atom stereocenters. The molecule has 0 unspecified atom stereocenters. The van der Waals surface area contributed by atoms with Crippen LogP contribution >= 0.6 is 0 Å². The number of rotatable bonds is 9. The Bertz CT molecular complexity index is 752. The Morgan fingerprint density at radius 3 is 2.30 bits per heavy atom. The van der Waals surface area contributed by atoms with E-state index in [4.69, 9.17) is 18.9 Å². The molecule has 0 aliphatic heterocycles. The zero-order valence-corrected chi connectivity index (χ0v) is 15.8. The average Bonchev–Trinajstić information content (AvgIpc) is 2.65. The van der Waals surface area contributed by atoms with Crippen molar-refractivity contribution in [1.82, 2.24) is 0 Å². The van der Waals surface area contributed by atoms with Crippen LogP contribution < -0.4 is 9.47 Å². The van der Waals surface area contributed by atoms with Gasteiger partial charge in [-0.15, -0.1) is 0 Å². The molecule has 0 aliphatic carbocycles. The van der Waals surface area contributed by atoms with Crippen molar-refractivity contribution in [2.75, 3.05) is 19.8 Å². The Hall–Kier alpha value is -2.86. The van der Waals surface area contributed by atoms with Crippen LogP contribution in [0.5, 0.6) is 11.5 Å². The first-order valence-corrected chi connectivity index (χ1v) is 8.84. The molecule has 0 heterocycles. The molecule has 6 nitrogen and oxygen atoms in total. The molecule has 0 saturated carbocycles. The highest BCUT2D eigenvalue weighted by Gasteiger charge is 2.16. The zero-order valence-electron chi connectivity index (χ0n) is 15.8. The van der Waals surface area contributed by atoms with E-state index in [9.17, 15) is 9.59 Å². The average molecular weight is 372 g/mol. The second-order valence-corrected chi connectivity index (χ2v) is 5.91. The van der Waals surface area contributed by atoms with Crippen molar-refractivity contribution in [2.24, 2.45) is 0 Å². The summed E-state index contributed by atoms with van der Waals surface area (Å²) in [7, 11) is 0. The Morgan fingerprint density at radius 2 is 1.63 bits per heavy atom. The molecule has 0 fully saturated rings. The van der Waals surface area contributed by atoms with E-state index in [2.05, 4.69) is 0 Å². The molecule has 0 radical (unpaired) electrons. The summed E-state index contributed by atoms with van der Waals surface area (Å²) in [5.41, 5.74) is 0.709. The van der Waals surface area contributed by atoms with E-state index < -0.39 is 11.9 Å². The maximum atomic E-state index is 12.4. The topological polar surface area (TPSA) is 71.1 Å². The maximum absolute atomic E-state index is 12.4. The van der Waals surface area contributed by atoms with Crippen LogP contribution in [0.3, 0.4) is 0 Å². The number of carbonyl (C=O) groups is 2. The van der Waals surface area contributed by atoms with Gasteiger partial charge in [0.1, 0.15) is 23.7 Å². The summed E-state index contributed by atoms with van der Waals surface area (Å²) < 4.78 is 21.2. The van der Waals surface area contributed by atoms with E-state index in [1.54, 1.807) is 48.5 Å². The fourth-order valence-corrected chi connectivity index (χ4v) is 2.23. The third-order valence-corrected chi connectivity index (χ3v) is 3.44. The molecule has 0 spiro atoms. The van der Waals surface area contributed by atoms with Crippen LogP contribution in [0, 0.1) is 0 Å². The first-order valence-electron chi connectivity index (χ1n) is 8.84. The molecule has 6 heteroatoms. The summed E-state index contributed by atoms with van der Waals surface area (Å²) in [6.45, 7) is 6.76. The Morgan fingerprint density at radius 1 is 0.926 bits per heavy atom. The van der Waals surface area contributed by atoms with Crippen LogP contribution in [-0.4, -0.2) is 37.9 Å². The monoisotopic (exact) mass is 372 g/mol. The van der Waals surface area contributed by atoms with Crippen LogP contribution in [0.25, 0.3) is 0 Å². The van der Waals surface area contributed by atoms with E-state index in [0.717, 1.165) is 0 Å².